The summed E-state index contributed by atoms with van der Waals surface area (Å²) >= 11 is 0. The van der Waals surface area contributed by atoms with Crippen molar-refractivity contribution in [3.63, 3.8) is 0 Å². The van der Waals surface area contributed by atoms with Crippen molar-refractivity contribution < 1.29 is 14.6 Å². The molecule has 2 aliphatic carbocycles. The molecule has 0 saturated carbocycles. The molecule has 2 aromatic rings. The van der Waals surface area contributed by atoms with Crippen molar-refractivity contribution in [2.24, 2.45) is 0 Å². The Hall–Kier alpha value is -2.33. The average molecular weight is 337 g/mol. The average Bonchev–Trinajstić information content (AvgIpc) is 3.08. The van der Waals surface area contributed by atoms with Gasteiger partial charge < -0.3 is 15.2 Å². The fourth-order valence-corrected chi connectivity index (χ4v) is 3.92. The predicted molar refractivity (Wildman–Crippen MR) is 96.9 cm³/mol. The predicted octanol–water partition coefficient (Wildman–Crippen LogP) is 3.56. The largest absolute Gasteiger partial charge is 0.483 e. The molecule has 0 aliphatic heterocycles. The molecule has 4 nitrogen and oxygen atoms in total. The molecule has 25 heavy (non-hydrogen) atoms. The second-order valence-electron chi connectivity index (χ2n) is 6.91. The van der Waals surface area contributed by atoms with Crippen molar-refractivity contribution in [3.05, 3.63) is 58.7 Å². The highest BCUT2D eigenvalue weighted by atomic mass is 16.5. The number of carbonyl (C=O) groups is 1. The number of aliphatic hydroxyl groups is 1. The third-order valence-corrected chi connectivity index (χ3v) is 5.17. The van der Waals surface area contributed by atoms with Crippen molar-refractivity contribution in [2.45, 2.75) is 44.6 Å². The van der Waals surface area contributed by atoms with Crippen molar-refractivity contribution in [3.8, 4) is 5.75 Å². The molecule has 0 unspecified atom stereocenters. The van der Waals surface area contributed by atoms with Crippen LogP contribution in [-0.4, -0.2) is 17.6 Å². The highest BCUT2D eigenvalue weighted by Gasteiger charge is 2.21. The Labute approximate surface area is 147 Å². The Bertz CT molecular complexity index is 800. The molecule has 0 heterocycles. The van der Waals surface area contributed by atoms with Gasteiger partial charge in [-0.1, -0.05) is 18.2 Å². The lowest BCUT2D eigenvalue weighted by Crippen LogP contribution is -2.21. The summed E-state index contributed by atoms with van der Waals surface area (Å²) in [5, 5.41) is 13.0. The number of anilines is 1. The highest BCUT2D eigenvalue weighted by Crippen LogP contribution is 2.35. The molecule has 130 valence electrons. The molecule has 0 bridgehead atoms. The highest BCUT2D eigenvalue weighted by molar-refractivity contribution is 5.92. The molecule has 4 heteroatoms. The van der Waals surface area contributed by atoms with Crippen LogP contribution in [0.2, 0.25) is 0 Å². The zero-order valence-electron chi connectivity index (χ0n) is 14.3. The van der Waals surface area contributed by atoms with Gasteiger partial charge in [0, 0.05) is 5.69 Å². The second kappa shape index (κ2) is 6.89. The zero-order valence-corrected chi connectivity index (χ0v) is 14.3. The van der Waals surface area contributed by atoms with Crippen molar-refractivity contribution in [1.29, 1.82) is 0 Å². The van der Waals surface area contributed by atoms with Gasteiger partial charge in [0.1, 0.15) is 5.75 Å². The fraction of sp³-hybridized carbons (Fsp3) is 0.381. The number of carbonyl (C=O) groups excluding carboxylic acids is 1. The van der Waals surface area contributed by atoms with Gasteiger partial charge in [0.05, 0.1) is 6.10 Å². The van der Waals surface area contributed by atoms with Gasteiger partial charge in [-0.05, 0) is 79.0 Å². The normalized spacial score (nSPS) is 18.4. The number of hydrogen-bond acceptors (Lipinski definition) is 3. The Morgan fingerprint density at radius 3 is 2.92 bits per heavy atom. The minimum Gasteiger partial charge on any atom is -0.483 e. The maximum atomic E-state index is 12.2. The Kier molecular flexibility index (Phi) is 4.45. The molecule has 2 aliphatic rings. The molecular weight excluding hydrogens is 314 g/mol. The van der Waals surface area contributed by atoms with E-state index >= 15 is 0 Å². The molecule has 1 amide bonds. The molecule has 0 fully saturated rings. The summed E-state index contributed by atoms with van der Waals surface area (Å²) in [4.78, 5) is 12.2. The van der Waals surface area contributed by atoms with Crippen LogP contribution < -0.4 is 10.1 Å². The lowest BCUT2D eigenvalue weighted by Gasteiger charge is -2.23. The Morgan fingerprint density at radius 1 is 1.12 bits per heavy atom. The van der Waals surface area contributed by atoms with Crippen LogP contribution in [0.3, 0.4) is 0 Å². The van der Waals surface area contributed by atoms with Crippen LogP contribution in [0.25, 0.3) is 0 Å². The summed E-state index contributed by atoms with van der Waals surface area (Å²) < 4.78 is 5.76. The SMILES string of the molecule is O=C(COc1cccc2c1CCC[C@@H]2O)Nc1ccc2c(c1)CCC2. The second-order valence-corrected chi connectivity index (χ2v) is 6.91. The van der Waals surface area contributed by atoms with Crippen LogP contribution in [0.5, 0.6) is 5.75 Å². The molecule has 0 saturated heterocycles. The molecule has 2 aromatic carbocycles. The van der Waals surface area contributed by atoms with Crippen LogP contribution in [0.4, 0.5) is 5.69 Å². The summed E-state index contributed by atoms with van der Waals surface area (Å²) in [5.74, 6) is 0.548. The van der Waals surface area contributed by atoms with Crippen LogP contribution >= 0.6 is 0 Å². The summed E-state index contributed by atoms with van der Waals surface area (Å²) in [7, 11) is 0. The number of fused-ring (bicyclic) bond motifs is 2. The first-order valence-corrected chi connectivity index (χ1v) is 9.05. The Balaban J connectivity index is 1.40. The summed E-state index contributed by atoms with van der Waals surface area (Å²) in [6.07, 6.45) is 5.61. The number of rotatable bonds is 4. The molecule has 4 rings (SSSR count). The smallest absolute Gasteiger partial charge is 0.262 e. The molecular formula is C21H23NO3. The monoisotopic (exact) mass is 337 g/mol. The molecule has 2 N–H and O–H groups in total. The van der Waals surface area contributed by atoms with E-state index in [1.54, 1.807) is 0 Å². The number of aliphatic hydroxyl groups excluding tert-OH is 1. The van der Waals surface area contributed by atoms with E-state index in [0.29, 0.717) is 5.75 Å². The first-order valence-electron chi connectivity index (χ1n) is 9.05. The van der Waals surface area contributed by atoms with Gasteiger partial charge in [-0.25, -0.2) is 0 Å². The number of nitrogens with one attached hydrogen (secondary N) is 1. The van der Waals surface area contributed by atoms with Crippen LogP contribution in [0, 0.1) is 0 Å². The van der Waals surface area contributed by atoms with E-state index < -0.39 is 6.10 Å². The summed E-state index contributed by atoms with van der Waals surface area (Å²) in [6.45, 7) is -0.0242. The van der Waals surface area contributed by atoms with E-state index in [1.807, 2.05) is 24.3 Å². The minimum atomic E-state index is -0.424. The van der Waals surface area contributed by atoms with Gasteiger partial charge >= 0.3 is 0 Å². The molecule has 0 spiro atoms. The molecule has 0 radical (unpaired) electrons. The van der Waals surface area contributed by atoms with Gasteiger partial charge in [-0.15, -0.1) is 0 Å². The van der Waals surface area contributed by atoms with Gasteiger partial charge in [-0.2, -0.15) is 0 Å². The lowest BCUT2D eigenvalue weighted by molar-refractivity contribution is -0.118. The number of hydrogen-bond donors (Lipinski definition) is 2. The minimum absolute atomic E-state index is 0.0242. The maximum Gasteiger partial charge on any atom is 0.262 e. The number of amides is 1. The molecule has 1 atom stereocenters. The van der Waals surface area contributed by atoms with Gasteiger partial charge in [-0.3, -0.25) is 4.79 Å². The van der Waals surface area contributed by atoms with E-state index in [4.69, 9.17) is 4.74 Å². The lowest BCUT2D eigenvalue weighted by atomic mass is 9.89. The van der Waals surface area contributed by atoms with E-state index in [0.717, 1.165) is 48.9 Å². The first-order chi connectivity index (χ1) is 12.2. The fourth-order valence-electron chi connectivity index (χ4n) is 3.92. The number of aryl methyl sites for hydroxylation is 2. The number of ether oxygens (including phenoxy) is 1. The number of benzene rings is 2. The van der Waals surface area contributed by atoms with Crippen molar-refractivity contribution in [1.82, 2.24) is 0 Å². The quantitative estimate of drug-likeness (QED) is 0.897. The van der Waals surface area contributed by atoms with Crippen LogP contribution in [0.1, 0.15) is 47.6 Å². The van der Waals surface area contributed by atoms with E-state index in [-0.39, 0.29) is 12.5 Å². The summed E-state index contributed by atoms with van der Waals surface area (Å²) in [6, 6.07) is 11.8. The van der Waals surface area contributed by atoms with Crippen LogP contribution in [-0.2, 0) is 24.1 Å². The molecule has 0 aromatic heterocycles. The van der Waals surface area contributed by atoms with E-state index in [9.17, 15) is 9.90 Å². The van der Waals surface area contributed by atoms with Gasteiger partial charge in [0.25, 0.3) is 5.91 Å². The topological polar surface area (TPSA) is 58.6 Å². The van der Waals surface area contributed by atoms with Gasteiger partial charge in [0.2, 0.25) is 0 Å². The third kappa shape index (κ3) is 3.40. The van der Waals surface area contributed by atoms with E-state index in [1.165, 1.54) is 17.5 Å². The van der Waals surface area contributed by atoms with Crippen LogP contribution in [0.15, 0.2) is 36.4 Å². The van der Waals surface area contributed by atoms with Crippen molar-refractivity contribution in [2.75, 3.05) is 11.9 Å². The maximum absolute atomic E-state index is 12.2. The standard InChI is InChI=1S/C21H23NO3/c23-19-8-2-7-18-17(19)6-3-9-20(18)25-13-21(24)22-16-11-10-14-4-1-5-15(14)12-16/h3,6,9-12,19,23H,1-2,4-5,7-8,13H2,(H,22,24)/t19-/m0/s1. The first kappa shape index (κ1) is 16.2. The van der Waals surface area contributed by atoms with E-state index in [2.05, 4.69) is 17.4 Å². The summed E-state index contributed by atoms with van der Waals surface area (Å²) in [5.41, 5.74) is 5.53. The third-order valence-electron chi connectivity index (χ3n) is 5.17. The zero-order chi connectivity index (χ0) is 17.2. The van der Waals surface area contributed by atoms with Crippen molar-refractivity contribution >= 4 is 11.6 Å². The van der Waals surface area contributed by atoms with Gasteiger partial charge in [0.15, 0.2) is 6.61 Å². The Morgan fingerprint density at radius 2 is 2.00 bits per heavy atom.